The number of halogens is 5. The van der Waals surface area contributed by atoms with Crippen molar-refractivity contribution < 1.29 is 17.6 Å². The molecule has 3 aliphatic heterocycles. The molecule has 2 aromatic rings. The highest BCUT2D eigenvalue weighted by Gasteiger charge is 2.33. The molecule has 0 aliphatic carbocycles. The highest BCUT2D eigenvalue weighted by Crippen LogP contribution is 2.35. The molecular formula is C28H34ClF4N5S. The summed E-state index contributed by atoms with van der Waals surface area (Å²) in [6, 6.07) is 9.79. The number of alkyl halides is 2. The molecule has 0 spiro atoms. The van der Waals surface area contributed by atoms with Crippen molar-refractivity contribution in [1.29, 1.82) is 0 Å². The van der Waals surface area contributed by atoms with Gasteiger partial charge in [-0.25, -0.2) is 17.6 Å². The first kappa shape index (κ1) is 29.8. The summed E-state index contributed by atoms with van der Waals surface area (Å²) in [6.07, 6.45) is -0.767. The zero-order chi connectivity index (χ0) is 28.1. The van der Waals surface area contributed by atoms with Gasteiger partial charge in [-0.1, -0.05) is 37.6 Å². The Hall–Kier alpha value is -2.14. The smallest absolute Gasteiger partial charge is 0.278 e. The fourth-order valence-corrected chi connectivity index (χ4v) is 6.32. The van der Waals surface area contributed by atoms with Crippen LogP contribution in [0.3, 0.4) is 0 Å². The third-order valence-electron chi connectivity index (χ3n) is 7.11. The second kappa shape index (κ2) is 13.5. The fraction of sp³-hybridized carbons (Fsp3) is 0.500. The Kier molecular flexibility index (Phi) is 10.3. The molecule has 0 bridgehead atoms. The molecule has 0 aromatic heterocycles. The number of benzene rings is 2. The van der Waals surface area contributed by atoms with Gasteiger partial charge in [-0.15, -0.1) is 0 Å². The van der Waals surface area contributed by atoms with Gasteiger partial charge < -0.3 is 9.21 Å². The predicted molar refractivity (Wildman–Crippen MR) is 153 cm³/mol. The molecule has 2 fully saturated rings. The van der Waals surface area contributed by atoms with Crippen LogP contribution in [-0.4, -0.2) is 72.2 Å². The zero-order valence-corrected chi connectivity index (χ0v) is 24.0. The molecule has 0 N–H and O–H groups in total. The minimum absolute atomic E-state index is 0.0110. The number of hydrogen-bond donors (Lipinski definition) is 0. The average molecular weight is 584 g/mol. The molecule has 0 amide bonds. The van der Waals surface area contributed by atoms with Crippen LogP contribution in [0.15, 0.2) is 46.6 Å². The van der Waals surface area contributed by atoms with Gasteiger partial charge in [0.2, 0.25) is 0 Å². The summed E-state index contributed by atoms with van der Waals surface area (Å²) in [5, 5.41) is 7.66. The Morgan fingerprint density at radius 2 is 1.74 bits per heavy atom. The van der Waals surface area contributed by atoms with Crippen LogP contribution >= 0.6 is 23.5 Å². The Morgan fingerprint density at radius 3 is 2.33 bits per heavy atom. The van der Waals surface area contributed by atoms with E-state index < -0.39 is 18.1 Å². The largest absolute Gasteiger partial charge is 0.311 e. The van der Waals surface area contributed by atoms with E-state index in [2.05, 4.69) is 27.1 Å². The maximum Gasteiger partial charge on any atom is 0.278 e. The third kappa shape index (κ3) is 7.34. The SMILES string of the molecule is CC.CN1CC(N2CCC(SN(Cc3ccc(C4=NN=C(C(F)F)C4)cc3F)c3ccc(F)c(Cl)c3)CC2)C1. The van der Waals surface area contributed by atoms with E-state index in [9.17, 15) is 13.2 Å². The average Bonchev–Trinajstić information content (AvgIpc) is 3.42. The molecule has 0 atom stereocenters. The maximum absolute atomic E-state index is 15.2. The van der Waals surface area contributed by atoms with Crippen molar-refractivity contribution >= 4 is 40.7 Å². The van der Waals surface area contributed by atoms with Crippen LogP contribution in [0.2, 0.25) is 5.02 Å². The molecule has 3 aliphatic rings. The van der Waals surface area contributed by atoms with Gasteiger partial charge in [0.15, 0.2) is 0 Å². The van der Waals surface area contributed by atoms with Gasteiger partial charge in [0.25, 0.3) is 6.43 Å². The van der Waals surface area contributed by atoms with Crippen LogP contribution < -0.4 is 4.31 Å². The van der Waals surface area contributed by atoms with Crippen LogP contribution in [0, 0.1) is 11.6 Å². The van der Waals surface area contributed by atoms with Crippen molar-refractivity contribution in [2.45, 2.75) is 57.4 Å². The minimum atomic E-state index is -2.68. The topological polar surface area (TPSA) is 34.4 Å². The number of likely N-dealkylation sites (N-methyl/N-ethyl adjacent to an activating group) is 1. The van der Waals surface area contributed by atoms with Gasteiger partial charge in [0, 0.05) is 47.6 Å². The number of likely N-dealkylation sites (tertiary alicyclic amines) is 2. The van der Waals surface area contributed by atoms with Gasteiger partial charge >= 0.3 is 0 Å². The van der Waals surface area contributed by atoms with Crippen LogP contribution in [0.25, 0.3) is 0 Å². The number of nitrogens with zero attached hydrogens (tertiary/aromatic N) is 5. The number of hydrogen-bond acceptors (Lipinski definition) is 6. The summed E-state index contributed by atoms with van der Waals surface area (Å²) in [5.74, 6) is -0.971. The molecule has 212 valence electrons. The van der Waals surface area contributed by atoms with E-state index in [1.807, 2.05) is 18.2 Å². The normalized spacial score (nSPS) is 18.9. The van der Waals surface area contributed by atoms with E-state index >= 15 is 4.39 Å². The van der Waals surface area contributed by atoms with Crippen molar-refractivity contribution in [2.24, 2.45) is 10.2 Å². The molecule has 0 saturated carbocycles. The van der Waals surface area contributed by atoms with Crippen LogP contribution in [0.4, 0.5) is 23.2 Å². The molecule has 5 nitrogen and oxygen atoms in total. The van der Waals surface area contributed by atoms with Crippen LogP contribution in [-0.2, 0) is 6.54 Å². The first-order valence-corrected chi connectivity index (χ1v) is 14.5. The molecule has 5 rings (SSSR count). The summed E-state index contributed by atoms with van der Waals surface area (Å²) < 4.78 is 56.8. The zero-order valence-electron chi connectivity index (χ0n) is 22.4. The van der Waals surface area contributed by atoms with E-state index in [1.165, 1.54) is 12.1 Å². The van der Waals surface area contributed by atoms with Gasteiger partial charge in [-0.2, -0.15) is 10.2 Å². The molecule has 0 unspecified atom stereocenters. The molecule has 2 saturated heterocycles. The second-order valence-electron chi connectivity index (χ2n) is 9.77. The highest BCUT2D eigenvalue weighted by molar-refractivity contribution is 8.01. The predicted octanol–water partition coefficient (Wildman–Crippen LogP) is 6.89. The van der Waals surface area contributed by atoms with Crippen LogP contribution in [0.5, 0.6) is 0 Å². The molecule has 39 heavy (non-hydrogen) atoms. The van der Waals surface area contributed by atoms with Crippen molar-refractivity contribution in [1.82, 2.24) is 9.80 Å². The lowest BCUT2D eigenvalue weighted by Gasteiger charge is -2.46. The summed E-state index contributed by atoms with van der Waals surface area (Å²) >= 11 is 7.71. The quantitative estimate of drug-likeness (QED) is 0.250. The van der Waals surface area contributed by atoms with E-state index in [-0.39, 0.29) is 23.7 Å². The number of piperidine rings is 1. The Balaban J connectivity index is 0.00000172. The van der Waals surface area contributed by atoms with Gasteiger partial charge in [0.05, 0.1) is 17.3 Å². The molecule has 3 heterocycles. The van der Waals surface area contributed by atoms with E-state index in [1.54, 1.807) is 36.2 Å². The molecular weight excluding hydrogens is 550 g/mol. The molecule has 0 radical (unpaired) electrons. The van der Waals surface area contributed by atoms with E-state index in [4.69, 9.17) is 11.6 Å². The summed E-state index contributed by atoms with van der Waals surface area (Å²) in [6.45, 7) is 8.48. The minimum Gasteiger partial charge on any atom is -0.311 e. The Labute approximate surface area is 237 Å². The standard InChI is InChI=1S/C26H28ClF4N5S.C2H6/c1-34-14-19(15-34)35-8-6-20(7-9-35)37-36(18-4-5-22(28)21(27)11-18)13-17-3-2-16(10-23(17)29)24-12-25(26(30)31)33-32-24;1-2/h2-5,10-11,19-20,26H,6-9,12-15H2,1H3;1-2H3. The summed E-state index contributed by atoms with van der Waals surface area (Å²) in [7, 11) is 2.13. The van der Waals surface area contributed by atoms with Crippen molar-refractivity contribution in [2.75, 3.05) is 37.5 Å². The number of anilines is 1. The van der Waals surface area contributed by atoms with E-state index in [0.29, 0.717) is 33.8 Å². The lowest BCUT2D eigenvalue weighted by Crippen LogP contribution is -2.59. The maximum atomic E-state index is 15.2. The van der Waals surface area contributed by atoms with E-state index in [0.717, 1.165) is 39.0 Å². The first-order valence-electron chi connectivity index (χ1n) is 13.3. The first-order chi connectivity index (χ1) is 18.8. The lowest BCUT2D eigenvalue weighted by molar-refractivity contribution is 0.0412. The third-order valence-corrected chi connectivity index (χ3v) is 8.76. The highest BCUT2D eigenvalue weighted by atomic mass is 35.5. The van der Waals surface area contributed by atoms with Crippen molar-refractivity contribution in [3.05, 3.63) is 64.2 Å². The number of rotatable bonds is 8. The fourth-order valence-electron chi connectivity index (χ4n) is 4.91. The monoisotopic (exact) mass is 583 g/mol. The van der Waals surface area contributed by atoms with Gasteiger partial charge in [0.1, 0.15) is 17.3 Å². The summed E-state index contributed by atoms with van der Waals surface area (Å²) in [5.41, 5.74) is 1.56. The Morgan fingerprint density at radius 1 is 1.03 bits per heavy atom. The van der Waals surface area contributed by atoms with Crippen molar-refractivity contribution in [3.63, 3.8) is 0 Å². The van der Waals surface area contributed by atoms with Gasteiger partial charge in [-0.05, 0) is 69.2 Å². The molecule has 11 heteroatoms. The summed E-state index contributed by atoms with van der Waals surface area (Å²) in [4.78, 5) is 4.86. The van der Waals surface area contributed by atoms with Crippen molar-refractivity contribution in [3.8, 4) is 0 Å². The lowest BCUT2D eigenvalue weighted by atomic mass is 10.0. The Bertz CT molecular complexity index is 1200. The molecule has 2 aromatic carbocycles. The van der Waals surface area contributed by atoms with Crippen LogP contribution in [0.1, 0.15) is 44.2 Å². The second-order valence-corrected chi connectivity index (χ2v) is 11.5. The van der Waals surface area contributed by atoms with Gasteiger partial charge in [-0.3, -0.25) is 4.90 Å².